The van der Waals surface area contributed by atoms with E-state index < -0.39 is 12.4 Å². The van der Waals surface area contributed by atoms with Gasteiger partial charge in [0.15, 0.2) is 0 Å². The second-order valence-electron chi connectivity index (χ2n) is 16.1. The molecule has 0 spiro atoms. The summed E-state index contributed by atoms with van der Waals surface area (Å²) in [5, 5.41) is 2.28. The first kappa shape index (κ1) is 31.5. The molecule has 2 aliphatic heterocycles. The monoisotopic (exact) mass is 856 g/mol. The van der Waals surface area contributed by atoms with E-state index in [1.807, 2.05) is 12.3 Å². The summed E-state index contributed by atoms with van der Waals surface area (Å²) in [5.41, 5.74) is 9.51. The minimum atomic E-state index is -2.30. The number of para-hydroxylation sites is 1. The summed E-state index contributed by atoms with van der Waals surface area (Å²) in [4.78, 5) is 11.9. The number of rotatable bonds is 4. The van der Waals surface area contributed by atoms with Gasteiger partial charge in [-0.05, 0) is 83.9 Å². The number of aliphatic imine (C=N–C) groups is 1. The molecule has 51 heavy (non-hydrogen) atoms. The van der Waals surface area contributed by atoms with Crippen LogP contribution in [0.2, 0.25) is 0 Å². The maximum Gasteiger partial charge on any atom is 2.00 e. The Morgan fingerprint density at radius 1 is 0.922 bits per heavy atom. The van der Waals surface area contributed by atoms with Crippen LogP contribution >= 0.6 is 0 Å². The third kappa shape index (κ3) is 5.82. The van der Waals surface area contributed by atoms with E-state index in [9.17, 15) is 0 Å². The van der Waals surface area contributed by atoms with Crippen molar-refractivity contribution in [2.24, 2.45) is 4.99 Å². The van der Waals surface area contributed by atoms with Crippen LogP contribution < -0.4 is 4.90 Å². The van der Waals surface area contributed by atoms with Crippen molar-refractivity contribution in [2.75, 3.05) is 11.5 Å². The van der Waals surface area contributed by atoms with Gasteiger partial charge < -0.3 is 14.2 Å². The summed E-state index contributed by atoms with van der Waals surface area (Å²) in [7, 11) is 0. The molecule has 0 radical (unpaired) electrons. The molecule has 0 N–H and O–H groups in total. The van der Waals surface area contributed by atoms with Crippen LogP contribution in [0.3, 0.4) is 0 Å². The molecule has 4 aromatic carbocycles. The number of aromatic nitrogens is 2. The molecule has 2 aliphatic rings. The zero-order valence-corrected chi connectivity index (χ0v) is 33.1. The number of nitrogens with zero attached hydrogens (tertiary/aromatic N) is 4. The van der Waals surface area contributed by atoms with Gasteiger partial charge in [-0.3, -0.25) is 4.99 Å². The third-order valence-corrected chi connectivity index (χ3v) is 10.4. The van der Waals surface area contributed by atoms with Crippen molar-refractivity contribution in [3.8, 4) is 5.82 Å². The summed E-state index contributed by atoms with van der Waals surface area (Å²) in [6.07, 6.45) is 1.91. The van der Waals surface area contributed by atoms with E-state index in [2.05, 4.69) is 149 Å². The Balaban J connectivity index is 0.00000450. The minimum Gasteiger partial charge on any atom is -0.518 e. The molecule has 0 saturated carbocycles. The largest absolute Gasteiger partial charge is 2.00 e. The Hall–Kier alpha value is -4.21. The number of anilines is 3. The maximum absolute atomic E-state index is 8.15. The number of aryl methyl sites for hydroxylation is 1. The fourth-order valence-electron chi connectivity index (χ4n) is 7.48. The first-order chi connectivity index (χ1) is 24.9. The Bertz CT molecular complexity index is 2490. The Morgan fingerprint density at radius 3 is 2.43 bits per heavy atom. The summed E-state index contributed by atoms with van der Waals surface area (Å²) in [5.74, 6) is 1.33. The first-order valence-corrected chi connectivity index (χ1v) is 17.6. The predicted molar refractivity (Wildman–Crippen MR) is 207 cm³/mol. The van der Waals surface area contributed by atoms with Crippen LogP contribution in [0.1, 0.15) is 106 Å². The predicted octanol–water partition coefficient (Wildman–Crippen LogP) is 11.2. The molecule has 0 unspecified atom stereocenters. The van der Waals surface area contributed by atoms with Gasteiger partial charge in [0.1, 0.15) is 18.3 Å². The minimum absolute atomic E-state index is 0. The van der Waals surface area contributed by atoms with E-state index in [-0.39, 0.29) is 44.4 Å². The smallest absolute Gasteiger partial charge is 0.518 e. The number of fused-ring (bicyclic) bond motifs is 5. The molecule has 1 atom stereocenters. The molecule has 5 nitrogen and oxygen atoms in total. The fourth-order valence-corrected chi connectivity index (χ4v) is 7.48. The van der Waals surface area contributed by atoms with Crippen molar-refractivity contribution in [1.29, 1.82) is 0 Å². The van der Waals surface area contributed by atoms with Crippen molar-refractivity contribution in [1.82, 2.24) is 9.55 Å². The molecule has 4 heterocycles. The molecule has 0 fully saturated rings. The zero-order valence-electron chi connectivity index (χ0n) is 33.8. The van der Waals surface area contributed by atoms with Gasteiger partial charge in [-0.2, -0.15) is 6.07 Å². The second kappa shape index (κ2) is 12.2. The van der Waals surface area contributed by atoms with Crippen LogP contribution in [-0.2, 0) is 36.6 Å². The molecular weight excluding hydrogens is 808 g/mol. The van der Waals surface area contributed by atoms with Crippen LogP contribution in [0.25, 0.3) is 27.6 Å². The Morgan fingerprint density at radius 2 is 1.71 bits per heavy atom. The summed E-state index contributed by atoms with van der Waals surface area (Å²) >= 11 is 0. The van der Waals surface area contributed by atoms with Gasteiger partial charge in [0.2, 0.25) is 0 Å². The van der Waals surface area contributed by atoms with Crippen molar-refractivity contribution < 1.29 is 29.9 Å². The molecule has 0 saturated heterocycles. The second-order valence-corrected chi connectivity index (χ2v) is 16.1. The van der Waals surface area contributed by atoms with Crippen LogP contribution in [0.5, 0.6) is 0 Å². The quantitative estimate of drug-likeness (QED) is 0.166. The topological polar surface area (TPSA) is 42.6 Å². The summed E-state index contributed by atoms with van der Waals surface area (Å²) in [6, 6.07) is 33.7. The molecule has 6 heteroatoms. The van der Waals surface area contributed by atoms with E-state index >= 15 is 0 Å². The van der Waals surface area contributed by atoms with Crippen molar-refractivity contribution in [3.05, 3.63) is 125 Å². The Labute approximate surface area is 321 Å². The maximum atomic E-state index is 8.15. The van der Waals surface area contributed by atoms with Crippen LogP contribution in [0.4, 0.5) is 17.1 Å². The fraction of sp³-hybridized carbons (Fsp3) is 0.333. The molecule has 8 rings (SSSR count). The van der Waals surface area contributed by atoms with Gasteiger partial charge >= 0.3 is 21.1 Å². The van der Waals surface area contributed by atoms with E-state index in [1.54, 1.807) is 6.92 Å². The van der Waals surface area contributed by atoms with Crippen LogP contribution in [-0.4, -0.2) is 27.6 Å². The first-order valence-electron chi connectivity index (χ1n) is 19.1. The van der Waals surface area contributed by atoms with Crippen molar-refractivity contribution in [2.45, 2.75) is 91.5 Å². The SMILES string of the molecule is [2H]C([2H])([2H])[C@]1(C)COC(c2[c-]c(N3c4[c-]c5c(cc4C(C)(C)c4ccccc43)c3cc(C)ccc3n5-c3cc(C(C)(C)C)ccn3)cc(C(C)C)c2)=N1.[Pt+2]. The normalized spacial score (nSPS) is 19.1. The molecule has 0 aliphatic carbocycles. The Kier molecular flexibility index (Phi) is 7.54. The van der Waals surface area contributed by atoms with Crippen molar-refractivity contribution >= 4 is 44.8 Å². The molecule has 0 bridgehead atoms. The van der Waals surface area contributed by atoms with Crippen LogP contribution in [0.15, 0.2) is 84.0 Å². The van der Waals surface area contributed by atoms with Crippen LogP contribution in [0, 0.1) is 19.1 Å². The number of ether oxygens (including phenoxy) is 1. The molecule has 6 aromatic rings. The standard InChI is InChI=1S/C45H46N4O.Pt/c1-27(2)29-20-30(42-47-44(7,8)26-50-42)22-32(21-29)48-38-14-12-11-13-35(38)45(9,10)36-24-34-33-19-28(3)15-16-37(33)49(39(34)25-40(36)48)41-23-31(17-18-46-41)43(4,5)6;/h11-21,23-24,27H,26H2,1-10H3;/q-2;+2/i7D3;/t44-;/m0./s1. The molecule has 0 amide bonds. The third-order valence-electron chi connectivity index (χ3n) is 10.4. The average Bonchev–Trinajstić information content (AvgIpc) is 3.66. The molecule has 262 valence electrons. The van der Waals surface area contributed by atoms with Gasteiger partial charge in [-0.25, -0.2) is 4.98 Å². The van der Waals surface area contributed by atoms with E-state index in [1.165, 1.54) is 16.7 Å². The molecular formula is C45H46N4OPt. The van der Waals surface area contributed by atoms with Gasteiger partial charge in [-0.1, -0.05) is 101 Å². The van der Waals surface area contributed by atoms with E-state index in [0.29, 0.717) is 11.5 Å². The average molecular weight is 857 g/mol. The summed E-state index contributed by atoms with van der Waals surface area (Å²) in [6.45, 7) is 17.0. The van der Waals surface area contributed by atoms with E-state index in [4.69, 9.17) is 13.8 Å². The van der Waals surface area contributed by atoms with E-state index in [0.717, 1.165) is 55.8 Å². The van der Waals surface area contributed by atoms with Gasteiger partial charge in [0, 0.05) is 21.5 Å². The molecule has 2 aromatic heterocycles. The number of hydrogen-bond donors (Lipinski definition) is 0. The van der Waals surface area contributed by atoms with Gasteiger partial charge in [0.25, 0.3) is 0 Å². The number of pyridine rings is 1. The summed E-state index contributed by atoms with van der Waals surface area (Å²) < 4.78 is 32.7. The zero-order chi connectivity index (χ0) is 37.8. The van der Waals surface area contributed by atoms with Crippen molar-refractivity contribution in [3.63, 3.8) is 0 Å². The van der Waals surface area contributed by atoms with Gasteiger partial charge in [-0.15, -0.1) is 40.8 Å². The van der Waals surface area contributed by atoms with Gasteiger partial charge in [0.05, 0.1) is 5.54 Å². The number of benzene rings is 4. The number of hydrogen-bond acceptors (Lipinski definition) is 4.